The van der Waals surface area contributed by atoms with Crippen LogP contribution < -0.4 is 0 Å². The van der Waals surface area contributed by atoms with E-state index < -0.39 is 0 Å². The van der Waals surface area contributed by atoms with Crippen LogP contribution in [0, 0.1) is 5.92 Å². The summed E-state index contributed by atoms with van der Waals surface area (Å²) < 4.78 is 5.11. The van der Waals surface area contributed by atoms with Gasteiger partial charge in [-0.25, -0.2) is 0 Å². The molecule has 0 saturated carbocycles. The molecule has 1 fully saturated rings. The third kappa shape index (κ3) is 7.74. The number of likely N-dealkylation sites (tertiary alicyclic amines) is 1. The van der Waals surface area contributed by atoms with E-state index in [0.717, 1.165) is 12.0 Å². The van der Waals surface area contributed by atoms with Gasteiger partial charge in [0.2, 0.25) is 11.8 Å². The highest BCUT2D eigenvalue weighted by molar-refractivity contribution is 5.81. The summed E-state index contributed by atoms with van der Waals surface area (Å²) in [5, 5.41) is 0. The highest BCUT2D eigenvalue weighted by atomic mass is 16.5. The number of hydrogen-bond acceptors (Lipinski definition) is 4. The first-order valence-electron chi connectivity index (χ1n) is 11.9. The van der Waals surface area contributed by atoms with Gasteiger partial charge in [-0.05, 0) is 37.3 Å². The van der Waals surface area contributed by atoms with E-state index in [2.05, 4.69) is 12.1 Å². The van der Waals surface area contributed by atoms with Gasteiger partial charge in [-0.1, -0.05) is 60.7 Å². The van der Waals surface area contributed by atoms with Crippen LogP contribution >= 0.6 is 0 Å². The Labute approximate surface area is 196 Å². The van der Waals surface area contributed by atoms with Gasteiger partial charge in [-0.2, -0.15) is 0 Å². The van der Waals surface area contributed by atoms with Gasteiger partial charge in [0.25, 0.3) is 0 Å². The van der Waals surface area contributed by atoms with Crippen LogP contribution in [-0.2, 0) is 32.0 Å². The number of hydrogen-bond donors (Lipinski definition) is 0. The largest absolute Gasteiger partial charge is 0.466 e. The zero-order valence-corrected chi connectivity index (χ0v) is 19.4. The van der Waals surface area contributed by atoms with Crippen LogP contribution in [0.15, 0.2) is 60.7 Å². The van der Waals surface area contributed by atoms with Crippen molar-refractivity contribution < 1.29 is 19.1 Å². The van der Waals surface area contributed by atoms with Crippen molar-refractivity contribution in [3.05, 3.63) is 71.8 Å². The van der Waals surface area contributed by atoms with Crippen LogP contribution in [0.25, 0.3) is 0 Å². The fourth-order valence-electron chi connectivity index (χ4n) is 4.17. The number of carbonyl (C=O) groups is 3. The van der Waals surface area contributed by atoms with Gasteiger partial charge in [0.05, 0.1) is 18.9 Å². The summed E-state index contributed by atoms with van der Waals surface area (Å²) in [6.45, 7) is 4.28. The maximum Gasteiger partial charge on any atom is 0.309 e. The molecule has 0 aromatic heterocycles. The number of benzene rings is 2. The predicted octanol–water partition coefficient (Wildman–Crippen LogP) is 3.49. The Hall–Kier alpha value is -3.15. The van der Waals surface area contributed by atoms with Gasteiger partial charge in [-0.3, -0.25) is 14.4 Å². The van der Waals surface area contributed by atoms with Crippen molar-refractivity contribution in [3.8, 4) is 0 Å². The maximum absolute atomic E-state index is 13.1. The lowest BCUT2D eigenvalue weighted by molar-refractivity contribution is -0.151. The number of amides is 2. The van der Waals surface area contributed by atoms with Crippen LogP contribution in [0.1, 0.15) is 37.3 Å². The summed E-state index contributed by atoms with van der Waals surface area (Å²) in [5.74, 6) is -0.215. The Kier molecular flexibility index (Phi) is 9.48. The molecule has 2 amide bonds. The van der Waals surface area contributed by atoms with Crippen molar-refractivity contribution in [1.29, 1.82) is 0 Å². The third-order valence-electron chi connectivity index (χ3n) is 6.13. The van der Waals surface area contributed by atoms with Crippen molar-refractivity contribution >= 4 is 17.8 Å². The van der Waals surface area contributed by atoms with Gasteiger partial charge in [0.1, 0.15) is 0 Å². The molecule has 1 heterocycles. The average Bonchev–Trinajstić information content (AvgIpc) is 2.85. The second-order valence-electron chi connectivity index (χ2n) is 8.44. The molecule has 0 atom stereocenters. The monoisotopic (exact) mass is 450 g/mol. The Morgan fingerprint density at radius 1 is 0.909 bits per heavy atom. The fourth-order valence-corrected chi connectivity index (χ4v) is 4.17. The molecule has 3 rings (SSSR count). The normalized spacial score (nSPS) is 14.0. The minimum atomic E-state index is -0.164. The molecule has 0 unspecified atom stereocenters. The smallest absolute Gasteiger partial charge is 0.309 e. The first kappa shape index (κ1) is 24.5. The lowest BCUT2D eigenvalue weighted by Crippen LogP contribution is -2.43. The summed E-state index contributed by atoms with van der Waals surface area (Å²) >= 11 is 0. The molecule has 33 heavy (non-hydrogen) atoms. The zero-order valence-electron chi connectivity index (χ0n) is 19.4. The van der Waals surface area contributed by atoms with Gasteiger partial charge in [-0.15, -0.1) is 0 Å². The third-order valence-corrected chi connectivity index (χ3v) is 6.13. The topological polar surface area (TPSA) is 66.9 Å². The summed E-state index contributed by atoms with van der Waals surface area (Å²) in [7, 11) is 0. The zero-order chi connectivity index (χ0) is 23.5. The minimum absolute atomic E-state index is 0.0333. The number of carbonyl (C=O) groups excluding carboxylic acids is 3. The van der Waals surface area contributed by atoms with E-state index in [0.29, 0.717) is 58.5 Å². The van der Waals surface area contributed by atoms with E-state index in [1.807, 2.05) is 58.3 Å². The number of esters is 1. The van der Waals surface area contributed by atoms with E-state index in [-0.39, 0.29) is 23.7 Å². The average molecular weight is 451 g/mol. The summed E-state index contributed by atoms with van der Waals surface area (Å²) in [6.07, 6.45) is 2.64. The Morgan fingerprint density at radius 3 is 2.12 bits per heavy atom. The Balaban J connectivity index is 1.54. The number of ether oxygens (including phenoxy) is 1. The Morgan fingerprint density at radius 2 is 1.52 bits per heavy atom. The second-order valence-corrected chi connectivity index (χ2v) is 8.44. The predicted molar refractivity (Wildman–Crippen MR) is 127 cm³/mol. The highest BCUT2D eigenvalue weighted by Gasteiger charge is 2.28. The second kappa shape index (κ2) is 12.8. The molecule has 0 aliphatic carbocycles. The molecule has 2 aromatic rings. The molecular weight excluding hydrogens is 416 g/mol. The summed E-state index contributed by atoms with van der Waals surface area (Å²) in [6, 6.07) is 19.8. The number of piperidine rings is 1. The molecular formula is C27H34N2O4. The molecule has 2 aromatic carbocycles. The number of rotatable bonds is 10. The highest BCUT2D eigenvalue weighted by Crippen LogP contribution is 2.19. The molecule has 0 spiro atoms. The minimum Gasteiger partial charge on any atom is -0.466 e. The van der Waals surface area contributed by atoms with Crippen molar-refractivity contribution in [2.45, 2.75) is 39.0 Å². The van der Waals surface area contributed by atoms with E-state index in [1.165, 1.54) is 5.56 Å². The van der Waals surface area contributed by atoms with Crippen LogP contribution in [0.5, 0.6) is 0 Å². The number of nitrogens with zero attached hydrogens (tertiary/aromatic N) is 2. The van der Waals surface area contributed by atoms with Crippen molar-refractivity contribution in [2.75, 3.05) is 32.8 Å². The van der Waals surface area contributed by atoms with Crippen LogP contribution in [0.4, 0.5) is 0 Å². The molecule has 6 nitrogen and oxygen atoms in total. The van der Waals surface area contributed by atoms with Gasteiger partial charge in [0.15, 0.2) is 0 Å². The van der Waals surface area contributed by atoms with Crippen molar-refractivity contribution in [2.24, 2.45) is 5.92 Å². The summed E-state index contributed by atoms with van der Waals surface area (Å²) in [4.78, 5) is 41.4. The van der Waals surface area contributed by atoms with Gasteiger partial charge >= 0.3 is 5.97 Å². The Bertz CT molecular complexity index is 893. The molecule has 0 N–H and O–H groups in total. The first-order valence-corrected chi connectivity index (χ1v) is 11.9. The standard InChI is InChI=1S/C27H34N2O4/c1-2-33-27(32)24-14-18-28(19-15-24)25(30)16-20-29(17-13-22-9-5-3-6-10-22)26(31)21-23-11-7-4-8-12-23/h3-12,24H,2,13-21H2,1H3. The quantitative estimate of drug-likeness (QED) is 0.520. The molecule has 6 heteroatoms. The van der Waals surface area contributed by atoms with Crippen LogP contribution in [-0.4, -0.2) is 60.4 Å². The molecule has 0 bridgehead atoms. The molecule has 0 radical (unpaired) electrons. The molecule has 1 aliphatic heterocycles. The van der Waals surface area contributed by atoms with Gasteiger partial charge in [0, 0.05) is 32.6 Å². The SMILES string of the molecule is CCOC(=O)C1CCN(C(=O)CCN(CCc2ccccc2)C(=O)Cc2ccccc2)CC1. The lowest BCUT2D eigenvalue weighted by Gasteiger charge is -2.31. The lowest BCUT2D eigenvalue weighted by atomic mass is 9.97. The van der Waals surface area contributed by atoms with E-state index in [4.69, 9.17) is 4.74 Å². The van der Waals surface area contributed by atoms with Crippen molar-refractivity contribution in [1.82, 2.24) is 9.80 Å². The first-order chi connectivity index (χ1) is 16.1. The maximum atomic E-state index is 13.1. The molecule has 176 valence electrons. The van der Waals surface area contributed by atoms with Crippen LogP contribution in [0.3, 0.4) is 0 Å². The summed E-state index contributed by atoms with van der Waals surface area (Å²) in [5.41, 5.74) is 2.14. The fraction of sp³-hybridized carbons (Fsp3) is 0.444. The molecule has 1 saturated heterocycles. The van der Waals surface area contributed by atoms with Crippen LogP contribution in [0.2, 0.25) is 0 Å². The van der Waals surface area contributed by atoms with E-state index in [1.54, 1.807) is 6.92 Å². The van der Waals surface area contributed by atoms with E-state index in [9.17, 15) is 14.4 Å². The van der Waals surface area contributed by atoms with Gasteiger partial charge < -0.3 is 14.5 Å². The van der Waals surface area contributed by atoms with Crippen molar-refractivity contribution in [3.63, 3.8) is 0 Å². The molecule has 1 aliphatic rings. The van der Waals surface area contributed by atoms with E-state index >= 15 is 0 Å².